The Kier molecular flexibility index (Phi) is 7.02. The fraction of sp³-hybridized carbons (Fsp3) is 0.185. The van der Waals surface area contributed by atoms with Gasteiger partial charge in [0.2, 0.25) is 0 Å². The van der Waals surface area contributed by atoms with Crippen molar-refractivity contribution in [1.82, 2.24) is 5.06 Å². The lowest BCUT2D eigenvalue weighted by Crippen LogP contribution is -2.24. The van der Waals surface area contributed by atoms with Crippen LogP contribution in [0.2, 0.25) is 5.02 Å². The van der Waals surface area contributed by atoms with E-state index in [1.807, 2.05) is 18.2 Å². The van der Waals surface area contributed by atoms with Gasteiger partial charge in [0.05, 0.1) is 30.3 Å². The van der Waals surface area contributed by atoms with Gasteiger partial charge >= 0.3 is 5.97 Å². The number of rotatable bonds is 8. The second-order valence-electron chi connectivity index (χ2n) is 8.45. The van der Waals surface area contributed by atoms with E-state index in [2.05, 4.69) is 0 Å². The number of fused-ring (bicyclic) bond motifs is 1. The quantitative estimate of drug-likeness (QED) is 0.332. The minimum Gasteiger partial charge on any atom is -0.489 e. The summed E-state index contributed by atoms with van der Waals surface area (Å²) >= 11 is 6.18. The standard InChI is InChI=1S/C27H22ClNO7/c28-24-4-2-1-3-19(24)15-33-21-9-10-23-25(12-21)34-16-20(26(23)30)11-22-14-29(36-35-22)13-17-5-7-18(8-6-17)27(31)32/h1-10,12,16,22H,11,13-15H2,(H,31,32). The molecule has 1 atom stereocenters. The zero-order chi connectivity index (χ0) is 25.1. The normalized spacial score (nSPS) is 15.9. The van der Waals surface area contributed by atoms with Crippen LogP contribution < -0.4 is 10.2 Å². The highest BCUT2D eigenvalue weighted by Crippen LogP contribution is 2.23. The average Bonchev–Trinajstić information content (AvgIpc) is 3.32. The van der Waals surface area contributed by atoms with Crippen LogP contribution in [0.1, 0.15) is 27.0 Å². The summed E-state index contributed by atoms with van der Waals surface area (Å²) in [6.07, 6.45) is 1.40. The van der Waals surface area contributed by atoms with Crippen molar-refractivity contribution in [1.29, 1.82) is 0 Å². The van der Waals surface area contributed by atoms with Crippen molar-refractivity contribution in [3.8, 4) is 5.75 Å². The van der Waals surface area contributed by atoms with E-state index in [-0.39, 0.29) is 17.1 Å². The van der Waals surface area contributed by atoms with E-state index < -0.39 is 5.97 Å². The van der Waals surface area contributed by atoms with Gasteiger partial charge in [-0.15, -0.1) is 10.1 Å². The van der Waals surface area contributed by atoms with Crippen LogP contribution in [-0.4, -0.2) is 28.8 Å². The van der Waals surface area contributed by atoms with Gasteiger partial charge in [-0.25, -0.2) is 9.68 Å². The van der Waals surface area contributed by atoms with Crippen LogP contribution in [0.25, 0.3) is 11.0 Å². The Morgan fingerprint density at radius 2 is 1.89 bits per heavy atom. The number of aromatic carboxylic acids is 1. The van der Waals surface area contributed by atoms with Crippen molar-refractivity contribution in [2.24, 2.45) is 0 Å². The van der Waals surface area contributed by atoms with E-state index in [0.717, 1.165) is 11.1 Å². The first-order chi connectivity index (χ1) is 17.5. The van der Waals surface area contributed by atoms with Gasteiger partial charge in [-0.05, 0) is 35.9 Å². The highest BCUT2D eigenvalue weighted by Gasteiger charge is 2.27. The Morgan fingerprint density at radius 1 is 1.08 bits per heavy atom. The van der Waals surface area contributed by atoms with Crippen molar-refractivity contribution in [3.63, 3.8) is 0 Å². The minimum atomic E-state index is -0.975. The number of halogens is 1. The molecule has 1 fully saturated rings. The van der Waals surface area contributed by atoms with Crippen LogP contribution in [0.5, 0.6) is 5.75 Å². The summed E-state index contributed by atoms with van der Waals surface area (Å²) in [5.41, 5.74) is 2.73. The molecule has 3 aromatic carbocycles. The first kappa shape index (κ1) is 24.0. The smallest absolute Gasteiger partial charge is 0.335 e. The third-order valence-corrected chi connectivity index (χ3v) is 6.24. The third kappa shape index (κ3) is 5.42. The van der Waals surface area contributed by atoms with E-state index in [1.54, 1.807) is 53.6 Å². The monoisotopic (exact) mass is 507 g/mol. The molecule has 1 aliphatic heterocycles. The van der Waals surface area contributed by atoms with Crippen LogP contribution in [-0.2, 0) is 29.4 Å². The van der Waals surface area contributed by atoms with E-state index in [1.165, 1.54) is 6.26 Å². The molecule has 1 aliphatic rings. The molecule has 0 saturated carbocycles. The molecule has 1 N–H and O–H groups in total. The molecule has 0 radical (unpaired) electrons. The van der Waals surface area contributed by atoms with Gasteiger partial charge in [-0.3, -0.25) is 4.79 Å². The summed E-state index contributed by atoms with van der Waals surface area (Å²) < 4.78 is 11.6. The molecule has 0 bridgehead atoms. The van der Waals surface area contributed by atoms with Crippen molar-refractivity contribution in [2.45, 2.75) is 25.7 Å². The summed E-state index contributed by atoms with van der Waals surface area (Å²) in [5.74, 6) is -0.407. The Labute approximate surface area is 211 Å². The first-order valence-corrected chi connectivity index (χ1v) is 11.7. The molecule has 0 aliphatic carbocycles. The number of carboxylic acid groups (broad SMARTS) is 1. The third-order valence-electron chi connectivity index (χ3n) is 5.87. The fourth-order valence-corrected chi connectivity index (χ4v) is 4.15. The Morgan fingerprint density at radius 3 is 2.67 bits per heavy atom. The Bertz CT molecular complexity index is 1450. The maximum Gasteiger partial charge on any atom is 0.335 e. The van der Waals surface area contributed by atoms with Crippen molar-refractivity contribution in [2.75, 3.05) is 6.54 Å². The van der Waals surface area contributed by atoms with Crippen molar-refractivity contribution in [3.05, 3.63) is 110 Å². The molecule has 9 heteroatoms. The largest absolute Gasteiger partial charge is 0.489 e. The van der Waals surface area contributed by atoms with Crippen molar-refractivity contribution >= 4 is 28.5 Å². The van der Waals surface area contributed by atoms with Crippen LogP contribution in [0.4, 0.5) is 0 Å². The number of ether oxygens (including phenoxy) is 1. The maximum atomic E-state index is 13.0. The molecule has 2 heterocycles. The summed E-state index contributed by atoms with van der Waals surface area (Å²) in [6.45, 7) is 1.15. The molecule has 36 heavy (non-hydrogen) atoms. The minimum absolute atomic E-state index is 0.139. The van der Waals surface area contributed by atoms with Crippen LogP contribution in [0.3, 0.4) is 0 Å². The molecule has 0 amide bonds. The molecule has 1 saturated heterocycles. The van der Waals surface area contributed by atoms with Crippen LogP contribution in [0, 0.1) is 0 Å². The molecule has 184 valence electrons. The number of carboxylic acids is 1. The second kappa shape index (κ2) is 10.5. The predicted molar refractivity (Wildman–Crippen MR) is 132 cm³/mol. The molecule has 8 nitrogen and oxygen atoms in total. The number of hydrogen-bond donors (Lipinski definition) is 1. The SMILES string of the molecule is O=C(O)c1ccc(CN2CC(Cc3coc4cc(OCc5ccccc5Cl)ccc4c3=O)OO2)cc1. The van der Waals surface area contributed by atoms with Gasteiger partial charge in [0.1, 0.15) is 24.0 Å². The number of hydrogen-bond acceptors (Lipinski definition) is 7. The molecular formula is C27H22ClNO7. The van der Waals surface area contributed by atoms with E-state index in [4.69, 9.17) is 35.7 Å². The van der Waals surface area contributed by atoms with Crippen LogP contribution >= 0.6 is 11.6 Å². The van der Waals surface area contributed by atoms with Crippen molar-refractivity contribution < 1.29 is 28.9 Å². The fourth-order valence-electron chi connectivity index (χ4n) is 3.96. The summed E-state index contributed by atoms with van der Waals surface area (Å²) in [4.78, 5) is 34.7. The molecule has 4 aromatic rings. The van der Waals surface area contributed by atoms with Gasteiger partial charge in [0, 0.05) is 28.6 Å². The van der Waals surface area contributed by atoms with Crippen LogP contribution in [0.15, 0.2) is 82.2 Å². The maximum absolute atomic E-state index is 13.0. The van der Waals surface area contributed by atoms with Gasteiger partial charge in [-0.2, -0.15) is 0 Å². The highest BCUT2D eigenvalue weighted by molar-refractivity contribution is 6.31. The van der Waals surface area contributed by atoms with Gasteiger partial charge < -0.3 is 14.3 Å². The average molecular weight is 508 g/mol. The number of nitrogens with zero attached hydrogens (tertiary/aromatic N) is 1. The van der Waals surface area contributed by atoms with E-state index in [0.29, 0.717) is 53.4 Å². The molecule has 0 spiro atoms. The zero-order valence-corrected chi connectivity index (χ0v) is 19.8. The first-order valence-electron chi connectivity index (χ1n) is 11.3. The van der Waals surface area contributed by atoms with Gasteiger partial charge in [0.15, 0.2) is 5.43 Å². The predicted octanol–water partition coefficient (Wildman–Crippen LogP) is 5.01. The lowest BCUT2D eigenvalue weighted by Gasteiger charge is -2.11. The Balaban J connectivity index is 1.21. The summed E-state index contributed by atoms with van der Waals surface area (Å²) in [6, 6.07) is 19.1. The summed E-state index contributed by atoms with van der Waals surface area (Å²) in [7, 11) is 0. The second-order valence-corrected chi connectivity index (χ2v) is 8.86. The molecule has 1 unspecified atom stereocenters. The molecule has 1 aromatic heterocycles. The summed E-state index contributed by atoms with van der Waals surface area (Å²) in [5, 5.41) is 11.7. The number of hydroxylamine groups is 2. The van der Waals surface area contributed by atoms with E-state index in [9.17, 15) is 9.59 Å². The molecule has 5 rings (SSSR count). The highest BCUT2D eigenvalue weighted by atomic mass is 35.5. The topological polar surface area (TPSA) is 98.4 Å². The zero-order valence-electron chi connectivity index (χ0n) is 19.1. The Hall–Kier alpha value is -3.69. The number of carbonyl (C=O) groups is 1. The molecular weight excluding hydrogens is 486 g/mol. The van der Waals surface area contributed by atoms with E-state index >= 15 is 0 Å². The lowest BCUT2D eigenvalue weighted by molar-refractivity contribution is -0.385. The lowest BCUT2D eigenvalue weighted by atomic mass is 10.1. The van der Waals surface area contributed by atoms with Gasteiger partial charge in [-0.1, -0.05) is 41.9 Å². The number of benzene rings is 3. The van der Waals surface area contributed by atoms with Gasteiger partial charge in [0.25, 0.3) is 0 Å².